The van der Waals surface area contributed by atoms with Crippen LogP contribution in [0.2, 0.25) is 5.02 Å². The van der Waals surface area contributed by atoms with E-state index in [1.165, 1.54) is 0 Å². The first-order valence-corrected chi connectivity index (χ1v) is 9.08. The Morgan fingerprint density at radius 3 is 2.96 bits per heavy atom. The van der Waals surface area contributed by atoms with E-state index in [0.29, 0.717) is 22.1 Å². The predicted octanol–water partition coefficient (Wildman–Crippen LogP) is 4.80. The summed E-state index contributed by atoms with van der Waals surface area (Å²) in [7, 11) is 1.54. The molecule has 0 saturated heterocycles. The highest BCUT2D eigenvalue weighted by Crippen LogP contribution is 2.29. The zero-order chi connectivity index (χ0) is 18.8. The zero-order valence-corrected chi connectivity index (χ0v) is 15.6. The lowest BCUT2D eigenvalue weighted by Crippen LogP contribution is -2.19. The molecule has 27 heavy (non-hydrogen) atoms. The molecule has 1 aliphatic heterocycles. The van der Waals surface area contributed by atoms with Gasteiger partial charge in [-0.1, -0.05) is 23.7 Å². The fourth-order valence-corrected chi connectivity index (χ4v) is 3.48. The van der Waals surface area contributed by atoms with Gasteiger partial charge in [0.05, 0.1) is 24.7 Å². The second kappa shape index (κ2) is 7.32. The van der Waals surface area contributed by atoms with Crippen LogP contribution in [-0.2, 0) is 13.0 Å². The number of aryl methyl sites for hydroxylation is 1. The fourth-order valence-electron chi connectivity index (χ4n) is 3.31. The lowest BCUT2D eigenvalue weighted by atomic mass is 10.1. The quantitative estimate of drug-likeness (QED) is 0.680. The van der Waals surface area contributed by atoms with Gasteiger partial charge in [0.15, 0.2) is 0 Å². The summed E-state index contributed by atoms with van der Waals surface area (Å²) in [5.41, 5.74) is 3.30. The lowest BCUT2D eigenvalue weighted by Gasteiger charge is -2.12. The van der Waals surface area contributed by atoms with E-state index in [9.17, 15) is 4.79 Å². The number of nitrogens with zero attached hydrogens (tertiary/aromatic N) is 2. The van der Waals surface area contributed by atoms with Gasteiger partial charge in [0.2, 0.25) is 0 Å². The van der Waals surface area contributed by atoms with E-state index in [0.717, 1.165) is 36.5 Å². The summed E-state index contributed by atoms with van der Waals surface area (Å²) in [5, 5.41) is 6.14. The molecule has 7 heteroatoms. The van der Waals surface area contributed by atoms with Crippen molar-refractivity contribution in [2.24, 2.45) is 0 Å². The predicted molar refractivity (Wildman–Crippen MR) is 107 cm³/mol. The monoisotopic (exact) mass is 382 g/mol. The molecule has 1 aromatic heterocycles. The van der Waals surface area contributed by atoms with Crippen LogP contribution in [0.4, 0.5) is 16.2 Å². The first-order chi connectivity index (χ1) is 13.1. The number of nitrogens with one attached hydrogen (secondary N) is 2. The van der Waals surface area contributed by atoms with Gasteiger partial charge >= 0.3 is 6.03 Å². The summed E-state index contributed by atoms with van der Waals surface area (Å²) >= 11 is 6.01. The zero-order valence-electron chi connectivity index (χ0n) is 14.8. The molecule has 138 valence electrons. The van der Waals surface area contributed by atoms with E-state index in [4.69, 9.17) is 16.3 Å². The molecule has 2 heterocycles. The number of carbonyl (C=O) groups is 1. The van der Waals surface area contributed by atoms with Crippen molar-refractivity contribution in [3.05, 3.63) is 59.5 Å². The van der Waals surface area contributed by atoms with Crippen molar-refractivity contribution >= 4 is 29.0 Å². The summed E-state index contributed by atoms with van der Waals surface area (Å²) in [6.45, 7) is 0.984. The number of amides is 2. The summed E-state index contributed by atoms with van der Waals surface area (Å²) in [6, 6.07) is 12.4. The number of imidazole rings is 1. The van der Waals surface area contributed by atoms with Gasteiger partial charge in [-0.3, -0.25) is 0 Å². The van der Waals surface area contributed by atoms with Gasteiger partial charge in [0.25, 0.3) is 0 Å². The number of methoxy groups -OCH3 is 1. The maximum atomic E-state index is 12.4. The van der Waals surface area contributed by atoms with E-state index in [-0.39, 0.29) is 6.03 Å². The topological polar surface area (TPSA) is 68.2 Å². The van der Waals surface area contributed by atoms with Gasteiger partial charge in [-0.15, -0.1) is 0 Å². The van der Waals surface area contributed by atoms with Crippen molar-refractivity contribution in [2.45, 2.75) is 19.4 Å². The van der Waals surface area contributed by atoms with Crippen LogP contribution < -0.4 is 15.4 Å². The van der Waals surface area contributed by atoms with Crippen LogP contribution in [0.3, 0.4) is 0 Å². The van der Waals surface area contributed by atoms with Gasteiger partial charge in [0, 0.05) is 29.2 Å². The molecule has 0 unspecified atom stereocenters. The summed E-state index contributed by atoms with van der Waals surface area (Å²) in [6.07, 6.45) is 4.03. The number of ether oxygens (including phenoxy) is 1. The minimum absolute atomic E-state index is 0.369. The Morgan fingerprint density at radius 2 is 2.11 bits per heavy atom. The van der Waals surface area contributed by atoms with Crippen LogP contribution in [0.1, 0.15) is 12.2 Å². The molecule has 0 aliphatic carbocycles. The highest BCUT2D eigenvalue weighted by atomic mass is 35.5. The number of halogens is 1. The third kappa shape index (κ3) is 3.61. The number of fused-ring (bicyclic) bond motifs is 1. The van der Waals surface area contributed by atoms with E-state index >= 15 is 0 Å². The molecule has 0 radical (unpaired) electrons. The summed E-state index contributed by atoms with van der Waals surface area (Å²) < 4.78 is 7.48. The Morgan fingerprint density at radius 1 is 1.22 bits per heavy atom. The van der Waals surface area contributed by atoms with Crippen molar-refractivity contribution in [2.75, 3.05) is 17.7 Å². The normalized spacial score (nSPS) is 12.5. The second-order valence-electron chi connectivity index (χ2n) is 6.32. The third-order valence-electron chi connectivity index (χ3n) is 4.55. The van der Waals surface area contributed by atoms with Crippen molar-refractivity contribution in [3.63, 3.8) is 0 Å². The number of urea groups is 1. The molecule has 0 spiro atoms. The van der Waals surface area contributed by atoms with E-state index < -0.39 is 0 Å². The molecule has 2 amide bonds. The second-order valence-corrected chi connectivity index (χ2v) is 6.76. The highest BCUT2D eigenvalue weighted by molar-refractivity contribution is 6.31. The number of carbonyl (C=O) groups excluding carboxylic acids is 1. The molecule has 2 N–H and O–H groups in total. The Bertz CT molecular complexity index is 999. The number of hydrogen-bond acceptors (Lipinski definition) is 3. The van der Waals surface area contributed by atoms with Crippen LogP contribution in [0.15, 0.2) is 48.7 Å². The Hall–Kier alpha value is -2.99. The molecule has 6 nitrogen and oxygen atoms in total. The van der Waals surface area contributed by atoms with Gasteiger partial charge in [-0.2, -0.15) is 0 Å². The van der Waals surface area contributed by atoms with Crippen LogP contribution >= 0.6 is 11.6 Å². The molecule has 1 aliphatic rings. The molecular formula is C20H19ClN4O2. The number of rotatable bonds is 4. The van der Waals surface area contributed by atoms with Gasteiger partial charge in [-0.25, -0.2) is 9.78 Å². The fraction of sp³-hybridized carbons (Fsp3) is 0.200. The molecule has 3 aromatic rings. The average Bonchev–Trinajstić information content (AvgIpc) is 3.25. The molecule has 0 bridgehead atoms. The molecule has 2 aromatic carbocycles. The minimum Gasteiger partial charge on any atom is -0.495 e. The Balaban J connectivity index is 1.52. The summed E-state index contributed by atoms with van der Waals surface area (Å²) in [5.74, 6) is 1.66. The van der Waals surface area contributed by atoms with E-state index in [1.54, 1.807) is 25.3 Å². The van der Waals surface area contributed by atoms with Crippen LogP contribution in [0.5, 0.6) is 5.75 Å². The van der Waals surface area contributed by atoms with Crippen molar-refractivity contribution < 1.29 is 9.53 Å². The number of aromatic nitrogens is 2. The van der Waals surface area contributed by atoms with Crippen molar-refractivity contribution in [1.29, 1.82) is 0 Å². The van der Waals surface area contributed by atoms with Crippen LogP contribution in [0.25, 0.3) is 11.3 Å². The average molecular weight is 383 g/mol. The van der Waals surface area contributed by atoms with Gasteiger partial charge in [0.1, 0.15) is 11.6 Å². The third-order valence-corrected chi connectivity index (χ3v) is 4.78. The smallest absolute Gasteiger partial charge is 0.323 e. The van der Waals surface area contributed by atoms with Gasteiger partial charge < -0.3 is 19.9 Å². The van der Waals surface area contributed by atoms with E-state index in [1.807, 2.05) is 30.5 Å². The minimum atomic E-state index is -0.369. The lowest BCUT2D eigenvalue weighted by molar-refractivity contribution is 0.262. The van der Waals surface area contributed by atoms with Crippen LogP contribution in [-0.4, -0.2) is 22.7 Å². The van der Waals surface area contributed by atoms with Crippen LogP contribution in [0, 0.1) is 0 Å². The molecule has 0 saturated carbocycles. The van der Waals surface area contributed by atoms with Crippen molar-refractivity contribution in [3.8, 4) is 17.0 Å². The number of benzene rings is 2. The largest absolute Gasteiger partial charge is 0.495 e. The number of anilines is 2. The van der Waals surface area contributed by atoms with Gasteiger partial charge in [-0.05, 0) is 36.8 Å². The molecule has 0 atom stereocenters. The standard InChI is InChI=1S/C20H19ClN4O2/c1-27-18-8-7-14(21)11-16(18)24-20(26)23-15-5-2-4-13(10-15)17-12-22-19-6-3-9-25(17)19/h2,4-5,7-8,10-12H,3,6,9H2,1H3,(H2,23,24,26). The first kappa shape index (κ1) is 17.4. The van der Waals surface area contributed by atoms with Crippen molar-refractivity contribution in [1.82, 2.24) is 9.55 Å². The SMILES string of the molecule is COc1ccc(Cl)cc1NC(=O)Nc1cccc(-c2cnc3n2CCC3)c1. The maximum absolute atomic E-state index is 12.4. The number of hydrogen-bond donors (Lipinski definition) is 2. The molecular weight excluding hydrogens is 364 g/mol. The summed E-state index contributed by atoms with van der Waals surface area (Å²) in [4.78, 5) is 16.9. The molecule has 4 rings (SSSR count). The Labute approximate surface area is 162 Å². The van der Waals surface area contributed by atoms with E-state index in [2.05, 4.69) is 20.2 Å². The maximum Gasteiger partial charge on any atom is 0.323 e. The Kier molecular flexibility index (Phi) is 4.73. The first-order valence-electron chi connectivity index (χ1n) is 8.70. The highest BCUT2D eigenvalue weighted by Gasteiger charge is 2.17. The molecule has 0 fully saturated rings.